The highest BCUT2D eigenvalue weighted by atomic mass is 79.9. The van der Waals surface area contributed by atoms with Crippen LogP contribution in [0.25, 0.3) is 10.2 Å². The van der Waals surface area contributed by atoms with Crippen LogP contribution in [0.3, 0.4) is 0 Å². The molecule has 0 bridgehead atoms. The molecule has 3 aromatic rings. The zero-order valence-electron chi connectivity index (χ0n) is 10.5. The van der Waals surface area contributed by atoms with Crippen LogP contribution < -0.4 is 10.1 Å². The van der Waals surface area contributed by atoms with Crippen molar-refractivity contribution in [2.24, 2.45) is 0 Å². The number of para-hydroxylation sites is 2. The van der Waals surface area contributed by atoms with Crippen LogP contribution in [-0.4, -0.2) is 11.6 Å². The van der Waals surface area contributed by atoms with Crippen molar-refractivity contribution in [3.8, 4) is 5.75 Å². The number of ether oxygens (including phenoxy) is 1. The van der Waals surface area contributed by atoms with E-state index in [9.17, 15) is 8.78 Å². The number of hydrogen-bond acceptors (Lipinski definition) is 4. The molecule has 0 saturated heterocycles. The average molecular weight is 371 g/mol. The average Bonchev–Trinajstić information content (AvgIpc) is 2.82. The third-order valence-electron chi connectivity index (χ3n) is 2.69. The van der Waals surface area contributed by atoms with E-state index in [1.165, 1.54) is 17.4 Å². The molecular formula is C14H9BrF2N2OS. The van der Waals surface area contributed by atoms with Gasteiger partial charge in [0.2, 0.25) is 0 Å². The molecule has 0 radical (unpaired) electrons. The molecule has 108 valence electrons. The molecule has 0 saturated carbocycles. The molecule has 0 aliphatic heterocycles. The summed E-state index contributed by atoms with van der Waals surface area (Å²) in [5.41, 5.74) is 1.29. The minimum absolute atomic E-state index is 0.0907. The lowest BCUT2D eigenvalue weighted by Crippen LogP contribution is -2.04. The summed E-state index contributed by atoms with van der Waals surface area (Å²) in [5.74, 6) is 0.0907. The van der Waals surface area contributed by atoms with Crippen molar-refractivity contribution >= 4 is 48.3 Å². The molecule has 3 rings (SSSR count). The molecule has 7 heteroatoms. The molecule has 0 spiro atoms. The Bertz CT molecular complexity index is 779. The number of alkyl halides is 2. The largest absolute Gasteiger partial charge is 0.433 e. The van der Waals surface area contributed by atoms with E-state index in [-0.39, 0.29) is 5.75 Å². The highest BCUT2D eigenvalue weighted by Gasteiger charge is 2.11. The molecule has 0 fully saturated rings. The van der Waals surface area contributed by atoms with E-state index < -0.39 is 6.61 Å². The number of hydrogen-bond donors (Lipinski definition) is 1. The highest BCUT2D eigenvalue weighted by Crippen LogP contribution is 2.33. The summed E-state index contributed by atoms with van der Waals surface area (Å²) in [6.07, 6.45) is 0. The molecule has 0 atom stereocenters. The van der Waals surface area contributed by atoms with Crippen LogP contribution in [0.2, 0.25) is 0 Å². The van der Waals surface area contributed by atoms with E-state index in [1.807, 2.05) is 18.2 Å². The van der Waals surface area contributed by atoms with Crippen LogP contribution in [0.5, 0.6) is 5.75 Å². The van der Waals surface area contributed by atoms with E-state index in [4.69, 9.17) is 0 Å². The van der Waals surface area contributed by atoms with E-state index in [1.54, 1.807) is 18.2 Å². The fraction of sp³-hybridized carbons (Fsp3) is 0.0714. The van der Waals surface area contributed by atoms with Gasteiger partial charge in [-0.2, -0.15) is 8.78 Å². The fourth-order valence-electron chi connectivity index (χ4n) is 1.84. The van der Waals surface area contributed by atoms with Crippen LogP contribution in [-0.2, 0) is 0 Å². The van der Waals surface area contributed by atoms with Gasteiger partial charge in [-0.3, -0.25) is 0 Å². The van der Waals surface area contributed by atoms with Crippen LogP contribution in [0.1, 0.15) is 0 Å². The number of fused-ring (bicyclic) bond motifs is 1. The van der Waals surface area contributed by atoms with Crippen LogP contribution in [0.4, 0.5) is 19.6 Å². The Morgan fingerprint density at radius 1 is 1.19 bits per heavy atom. The van der Waals surface area contributed by atoms with Crippen LogP contribution in [0, 0.1) is 0 Å². The van der Waals surface area contributed by atoms with E-state index in [0.29, 0.717) is 10.8 Å². The topological polar surface area (TPSA) is 34.1 Å². The summed E-state index contributed by atoms with van der Waals surface area (Å²) < 4.78 is 31.2. The zero-order valence-corrected chi connectivity index (χ0v) is 12.9. The number of benzene rings is 2. The third-order valence-corrected chi connectivity index (χ3v) is 4.14. The van der Waals surface area contributed by atoms with Gasteiger partial charge in [0.1, 0.15) is 5.75 Å². The highest BCUT2D eigenvalue weighted by molar-refractivity contribution is 9.10. The minimum atomic E-state index is -2.86. The van der Waals surface area contributed by atoms with Crippen molar-refractivity contribution in [2.45, 2.75) is 6.61 Å². The zero-order chi connectivity index (χ0) is 14.8. The van der Waals surface area contributed by atoms with Gasteiger partial charge in [0, 0.05) is 4.47 Å². The first-order valence-corrected chi connectivity index (χ1v) is 7.60. The van der Waals surface area contributed by atoms with Crippen molar-refractivity contribution < 1.29 is 13.5 Å². The number of thiazole rings is 1. The number of nitrogens with zero attached hydrogens (tertiary/aromatic N) is 1. The number of nitrogens with one attached hydrogen (secondary N) is 1. The smallest absolute Gasteiger partial charge is 0.387 e. The number of halogens is 3. The molecule has 1 heterocycles. The maximum Gasteiger partial charge on any atom is 0.387 e. The van der Waals surface area contributed by atoms with Gasteiger partial charge in [0.05, 0.1) is 15.9 Å². The standard InChI is InChI=1S/C14H9BrF2N2OS/c15-8-5-6-12-10(7-8)19-14(21-12)18-9-3-1-2-4-11(9)20-13(16)17/h1-7,13H,(H,18,19). The summed E-state index contributed by atoms with van der Waals surface area (Å²) in [6.45, 7) is -2.86. The van der Waals surface area contributed by atoms with Crippen molar-refractivity contribution in [1.82, 2.24) is 4.98 Å². The summed E-state index contributed by atoms with van der Waals surface area (Å²) in [4.78, 5) is 4.42. The molecular weight excluding hydrogens is 362 g/mol. The van der Waals surface area contributed by atoms with Gasteiger partial charge >= 0.3 is 6.61 Å². The number of rotatable bonds is 4. The molecule has 0 unspecified atom stereocenters. The molecule has 2 aromatic carbocycles. The molecule has 0 aliphatic rings. The molecule has 3 nitrogen and oxygen atoms in total. The second-order valence-corrected chi connectivity index (χ2v) is 6.08. The molecule has 1 aromatic heterocycles. The first kappa shape index (κ1) is 14.2. The van der Waals surface area contributed by atoms with Gasteiger partial charge in [-0.05, 0) is 30.3 Å². The van der Waals surface area contributed by atoms with Crippen molar-refractivity contribution in [1.29, 1.82) is 0 Å². The van der Waals surface area contributed by atoms with Gasteiger partial charge < -0.3 is 10.1 Å². The Kier molecular flexibility index (Phi) is 4.03. The Labute approximate surface area is 131 Å². The van der Waals surface area contributed by atoms with Crippen molar-refractivity contribution in [3.63, 3.8) is 0 Å². The Morgan fingerprint density at radius 3 is 2.81 bits per heavy atom. The lowest BCUT2D eigenvalue weighted by atomic mass is 10.3. The lowest BCUT2D eigenvalue weighted by molar-refractivity contribution is -0.0493. The Balaban J connectivity index is 1.91. The summed E-state index contributed by atoms with van der Waals surface area (Å²) in [6, 6.07) is 12.3. The summed E-state index contributed by atoms with van der Waals surface area (Å²) in [7, 11) is 0. The maximum absolute atomic E-state index is 12.4. The van der Waals surface area contributed by atoms with Crippen molar-refractivity contribution in [2.75, 3.05) is 5.32 Å². The van der Waals surface area contributed by atoms with Gasteiger partial charge in [-0.1, -0.05) is 39.4 Å². The fourth-order valence-corrected chi connectivity index (χ4v) is 3.05. The quantitative estimate of drug-likeness (QED) is 0.667. The van der Waals surface area contributed by atoms with Gasteiger partial charge in [-0.25, -0.2) is 4.98 Å². The lowest BCUT2D eigenvalue weighted by Gasteiger charge is -2.10. The van der Waals surface area contributed by atoms with E-state index in [2.05, 4.69) is 31.0 Å². The van der Waals surface area contributed by atoms with E-state index >= 15 is 0 Å². The first-order valence-electron chi connectivity index (χ1n) is 5.99. The predicted molar refractivity (Wildman–Crippen MR) is 83.7 cm³/mol. The number of anilines is 2. The minimum Gasteiger partial charge on any atom is -0.433 e. The van der Waals surface area contributed by atoms with E-state index in [0.717, 1.165) is 14.7 Å². The third kappa shape index (κ3) is 3.30. The summed E-state index contributed by atoms with van der Waals surface area (Å²) in [5, 5.41) is 3.64. The van der Waals surface area contributed by atoms with Crippen LogP contribution in [0.15, 0.2) is 46.9 Å². The van der Waals surface area contributed by atoms with Crippen molar-refractivity contribution in [3.05, 3.63) is 46.9 Å². The molecule has 1 N–H and O–H groups in total. The maximum atomic E-state index is 12.4. The Hall–Kier alpha value is -1.73. The summed E-state index contributed by atoms with van der Waals surface area (Å²) >= 11 is 4.83. The van der Waals surface area contributed by atoms with Crippen LogP contribution >= 0.6 is 27.3 Å². The molecule has 0 aliphatic carbocycles. The Morgan fingerprint density at radius 2 is 2.00 bits per heavy atom. The molecule has 0 amide bonds. The number of aromatic nitrogens is 1. The normalized spacial score (nSPS) is 11.0. The predicted octanol–water partition coefficient (Wildman–Crippen LogP) is 5.40. The molecule has 21 heavy (non-hydrogen) atoms. The second-order valence-electron chi connectivity index (χ2n) is 4.13. The first-order chi connectivity index (χ1) is 10.1. The second kappa shape index (κ2) is 5.95. The monoisotopic (exact) mass is 370 g/mol. The SMILES string of the molecule is FC(F)Oc1ccccc1Nc1nc2cc(Br)ccc2s1. The van der Waals surface area contributed by atoms with Gasteiger partial charge in [-0.15, -0.1) is 0 Å². The van der Waals surface area contributed by atoms with Gasteiger partial charge in [0.25, 0.3) is 0 Å². The van der Waals surface area contributed by atoms with Gasteiger partial charge in [0.15, 0.2) is 5.13 Å².